The molecular formula is C39H51ClN3O17-. The van der Waals surface area contributed by atoms with Gasteiger partial charge in [-0.15, -0.1) is 0 Å². The molecule has 2 heterocycles. The van der Waals surface area contributed by atoms with Crippen LogP contribution in [0.15, 0.2) is 42.1 Å². The molecule has 2 unspecified atom stereocenters. The number of nitrogens with zero attached hydrogens (tertiary/aromatic N) is 1. The van der Waals surface area contributed by atoms with Crippen LogP contribution in [0.2, 0.25) is 5.02 Å². The van der Waals surface area contributed by atoms with Crippen LogP contribution in [0.1, 0.15) is 85.0 Å². The minimum Gasteiger partial charge on any atom is -0.547 e. The van der Waals surface area contributed by atoms with Gasteiger partial charge in [0.25, 0.3) is 0 Å². The summed E-state index contributed by atoms with van der Waals surface area (Å²) in [7, 11) is 0. The van der Waals surface area contributed by atoms with Crippen LogP contribution in [-0.4, -0.2) is 124 Å². The summed E-state index contributed by atoms with van der Waals surface area (Å²) >= 11 is 6.10. The van der Waals surface area contributed by atoms with Crippen molar-refractivity contribution in [3.05, 3.63) is 47.1 Å². The van der Waals surface area contributed by atoms with Crippen LogP contribution in [0.5, 0.6) is 0 Å². The van der Waals surface area contributed by atoms with Crippen LogP contribution >= 0.6 is 11.6 Å². The number of ether oxygens (including phenoxy) is 1. The summed E-state index contributed by atoms with van der Waals surface area (Å²) in [6, 6.07) is 8.28. The zero-order chi connectivity index (χ0) is 45.1. The Hall–Kier alpha value is -4.96. The largest absolute Gasteiger partial charge is 0.547 e. The van der Waals surface area contributed by atoms with Crippen LogP contribution in [0, 0.1) is 5.92 Å². The van der Waals surface area contributed by atoms with Crippen LogP contribution in [-0.2, 0) is 43.3 Å². The molecule has 1 spiro atoms. The number of fused-ring (bicyclic) bond motifs is 2. The standard InChI is InChI=1S/C27H36ClN3O3.2C6H8O7/c1-18(2)19-6-10-26(3)25(16-19)32-27(34-33-26)11-7-21(8-12-27)29-14-15-31-23-9-13-30-24-17-20(28)4-5-22(23)24;2*7-3(8)1-6(13,5(11)12)2-4(9)10/h4-5,9,13,16-18,21,25,29H,6-8,10-12,14-15H2,1-3H3,(H,30,31);2*13H,1-2H2,(H,7,8)(H,9,10)(H,11,12)/p-1. The molecule has 1 aromatic heterocycles. The smallest absolute Gasteiger partial charge is 0.336 e. The van der Waals surface area contributed by atoms with Gasteiger partial charge in [-0.25, -0.2) is 14.6 Å². The Morgan fingerprint density at radius 2 is 1.43 bits per heavy atom. The first-order valence-corrected chi connectivity index (χ1v) is 19.3. The van der Waals surface area contributed by atoms with Gasteiger partial charge in [0.2, 0.25) is 5.79 Å². The van der Waals surface area contributed by atoms with Gasteiger partial charge < -0.3 is 61.0 Å². The molecule has 332 valence electrons. The normalized spacial score (nSPS) is 22.6. The van der Waals surface area contributed by atoms with Crippen LogP contribution in [0.25, 0.3) is 10.9 Å². The predicted octanol–water partition coefficient (Wildman–Crippen LogP) is 2.18. The van der Waals surface area contributed by atoms with E-state index in [0.29, 0.717) is 17.0 Å². The highest BCUT2D eigenvalue weighted by atomic mass is 35.5. The van der Waals surface area contributed by atoms with E-state index in [1.54, 1.807) is 0 Å². The lowest BCUT2D eigenvalue weighted by Gasteiger charge is -2.51. The Bertz CT molecular complexity index is 1830. The van der Waals surface area contributed by atoms with Crippen molar-refractivity contribution in [3.8, 4) is 0 Å². The van der Waals surface area contributed by atoms with E-state index in [0.717, 1.165) is 68.2 Å². The van der Waals surface area contributed by atoms with Crippen molar-refractivity contribution in [2.24, 2.45) is 5.92 Å². The van der Waals surface area contributed by atoms with Gasteiger partial charge in [0.05, 0.1) is 37.2 Å². The first-order chi connectivity index (χ1) is 27.9. The quantitative estimate of drug-likeness (QED) is 0.0663. The molecule has 9 N–H and O–H groups in total. The average Bonchev–Trinajstić information content (AvgIpc) is 3.13. The highest BCUT2D eigenvalue weighted by molar-refractivity contribution is 6.31. The van der Waals surface area contributed by atoms with Gasteiger partial charge in [0.1, 0.15) is 17.3 Å². The summed E-state index contributed by atoms with van der Waals surface area (Å²) in [5.74, 6) is -10.4. The van der Waals surface area contributed by atoms with Gasteiger partial charge in [0, 0.05) is 54.3 Å². The molecule has 3 aliphatic rings. The molecule has 1 saturated carbocycles. The summed E-state index contributed by atoms with van der Waals surface area (Å²) in [4.78, 5) is 77.2. The fraction of sp³-hybridized carbons (Fsp3) is 0.564. The van der Waals surface area contributed by atoms with Crippen molar-refractivity contribution < 1.29 is 84.1 Å². The van der Waals surface area contributed by atoms with E-state index in [1.165, 1.54) is 5.57 Å². The SMILES string of the molecule is CC(C)C1=CC2OC3(CCC(NCCNc4ccnc5cc(Cl)ccc45)CC3)OOC2(C)CC1.O=C(O)CC(O)(CC(=O)O)C(=O)O.O=C(O)CC(O)(CC(=O)O)C(=O)[O-]. The monoisotopic (exact) mass is 868 g/mol. The molecule has 21 heteroatoms. The number of carbonyl (C=O) groups excluding carboxylic acids is 1. The number of pyridine rings is 1. The third-order valence-electron chi connectivity index (χ3n) is 10.2. The molecule has 5 rings (SSSR count). The van der Waals surface area contributed by atoms with E-state index in [9.17, 15) is 33.9 Å². The molecule has 1 aromatic carbocycles. The third kappa shape index (κ3) is 14.1. The number of nitrogens with one attached hydrogen (secondary N) is 2. The molecule has 60 heavy (non-hydrogen) atoms. The zero-order valence-electron chi connectivity index (χ0n) is 33.2. The van der Waals surface area contributed by atoms with E-state index in [4.69, 9.17) is 61.9 Å². The number of hydrogen-bond donors (Lipinski definition) is 9. The lowest BCUT2D eigenvalue weighted by Crippen LogP contribution is -2.59. The minimum atomic E-state index is -2.85. The lowest BCUT2D eigenvalue weighted by molar-refractivity contribution is -0.527. The highest BCUT2D eigenvalue weighted by Gasteiger charge is 2.52. The number of halogens is 1. The molecule has 2 atom stereocenters. The lowest BCUT2D eigenvalue weighted by atomic mass is 9.80. The number of hydrogen-bond acceptors (Lipinski definition) is 15. The van der Waals surface area contributed by atoms with Gasteiger partial charge >= 0.3 is 29.8 Å². The van der Waals surface area contributed by atoms with Crippen LogP contribution < -0.4 is 15.7 Å². The second-order valence-corrected chi connectivity index (χ2v) is 15.9. The molecule has 0 bridgehead atoms. The molecule has 20 nitrogen and oxygen atoms in total. The average molecular weight is 869 g/mol. The Kier molecular flexibility index (Phi) is 17.3. The molecule has 1 saturated heterocycles. The maximum atomic E-state index is 10.3. The summed E-state index contributed by atoms with van der Waals surface area (Å²) in [6.45, 7) is 8.34. The van der Waals surface area contributed by atoms with E-state index in [1.807, 2.05) is 30.5 Å². The second kappa shape index (κ2) is 21.0. The topological polar surface area (TPSA) is 332 Å². The Morgan fingerprint density at radius 3 is 1.95 bits per heavy atom. The number of carbonyl (C=O) groups is 6. The number of benzene rings is 1. The van der Waals surface area contributed by atoms with Crippen molar-refractivity contribution in [2.45, 2.75) is 120 Å². The van der Waals surface area contributed by atoms with Crippen molar-refractivity contribution in [1.82, 2.24) is 10.3 Å². The van der Waals surface area contributed by atoms with Gasteiger partial charge in [-0.05, 0) is 62.8 Å². The second-order valence-electron chi connectivity index (χ2n) is 15.4. The molecule has 2 fully saturated rings. The molecular weight excluding hydrogens is 818 g/mol. The molecule has 0 amide bonds. The molecule has 2 aliphatic carbocycles. The van der Waals surface area contributed by atoms with Gasteiger partial charge in [-0.3, -0.25) is 24.2 Å². The number of anilines is 1. The van der Waals surface area contributed by atoms with E-state index in [2.05, 4.69) is 42.5 Å². The van der Waals surface area contributed by atoms with E-state index >= 15 is 0 Å². The van der Waals surface area contributed by atoms with Gasteiger partial charge in [-0.2, -0.15) is 0 Å². The van der Waals surface area contributed by atoms with E-state index < -0.39 is 78.5 Å². The minimum absolute atomic E-state index is 0.0359. The Balaban J connectivity index is 0.000000306. The fourth-order valence-electron chi connectivity index (χ4n) is 6.77. The number of carboxylic acids is 6. The number of aliphatic carboxylic acids is 6. The number of allylic oxidation sites excluding steroid dienone is 1. The van der Waals surface area contributed by atoms with Crippen molar-refractivity contribution in [1.29, 1.82) is 0 Å². The van der Waals surface area contributed by atoms with Crippen molar-refractivity contribution in [3.63, 3.8) is 0 Å². The summed E-state index contributed by atoms with van der Waals surface area (Å²) in [5.41, 5.74) is -2.52. The zero-order valence-corrected chi connectivity index (χ0v) is 34.0. The van der Waals surface area contributed by atoms with E-state index in [-0.39, 0.29) is 11.7 Å². The van der Waals surface area contributed by atoms with Crippen molar-refractivity contribution >= 4 is 64.0 Å². The molecule has 0 radical (unpaired) electrons. The number of carboxylic acid groups (broad SMARTS) is 6. The first-order valence-electron chi connectivity index (χ1n) is 18.9. The molecule has 2 aromatic rings. The summed E-state index contributed by atoms with van der Waals surface area (Å²) < 4.78 is 6.60. The maximum absolute atomic E-state index is 10.3. The number of rotatable bonds is 16. The predicted molar refractivity (Wildman–Crippen MR) is 207 cm³/mol. The Labute approximate surface area is 349 Å². The molecule has 1 aliphatic heterocycles. The number of aliphatic hydroxyl groups is 2. The third-order valence-corrected chi connectivity index (χ3v) is 10.5. The summed E-state index contributed by atoms with van der Waals surface area (Å²) in [5, 5.41) is 78.4. The highest BCUT2D eigenvalue weighted by Crippen LogP contribution is 2.46. The first kappa shape index (κ1) is 49.4. The van der Waals surface area contributed by atoms with Crippen LogP contribution in [0.3, 0.4) is 0 Å². The maximum Gasteiger partial charge on any atom is 0.336 e. The number of aromatic nitrogens is 1. The Morgan fingerprint density at radius 1 is 0.867 bits per heavy atom. The van der Waals surface area contributed by atoms with Crippen molar-refractivity contribution in [2.75, 3.05) is 18.4 Å². The van der Waals surface area contributed by atoms with Gasteiger partial charge in [-0.1, -0.05) is 37.1 Å². The van der Waals surface area contributed by atoms with Crippen LogP contribution in [0.4, 0.5) is 5.69 Å². The fourth-order valence-corrected chi connectivity index (χ4v) is 6.94. The van der Waals surface area contributed by atoms with Gasteiger partial charge in [0.15, 0.2) is 5.60 Å². The summed E-state index contributed by atoms with van der Waals surface area (Å²) in [6.07, 6.45) is 5.05.